The summed E-state index contributed by atoms with van der Waals surface area (Å²) in [6, 6.07) is 8.33. The maximum atomic E-state index is 12.3. The molecule has 0 spiro atoms. The van der Waals surface area contributed by atoms with E-state index in [1.165, 1.54) is 17.5 Å². The lowest BCUT2D eigenvalue weighted by molar-refractivity contribution is -0.145. The minimum atomic E-state index is -0.892. The molecule has 0 radical (unpaired) electrons. The summed E-state index contributed by atoms with van der Waals surface area (Å²) in [6.07, 6.45) is 1.36. The van der Waals surface area contributed by atoms with E-state index in [-0.39, 0.29) is 19.6 Å². The molecule has 1 aromatic carbocycles. The molecule has 1 heterocycles. The van der Waals surface area contributed by atoms with E-state index in [9.17, 15) is 14.4 Å². The van der Waals surface area contributed by atoms with Crippen molar-refractivity contribution < 1.29 is 28.6 Å². The molecule has 1 unspecified atom stereocenters. The van der Waals surface area contributed by atoms with Crippen LogP contribution in [0.3, 0.4) is 0 Å². The predicted octanol–water partition coefficient (Wildman–Crippen LogP) is 3.89. The number of aromatic nitrogens is 1. The van der Waals surface area contributed by atoms with E-state index in [1.807, 2.05) is 30.3 Å². The number of benzene rings is 1. The normalized spacial score (nSPS) is 12.0. The third-order valence-electron chi connectivity index (χ3n) is 3.88. The van der Waals surface area contributed by atoms with Crippen molar-refractivity contribution in [1.82, 2.24) is 10.3 Å². The van der Waals surface area contributed by atoms with Gasteiger partial charge in [-0.05, 0) is 39.7 Å². The van der Waals surface area contributed by atoms with E-state index in [2.05, 4.69) is 10.3 Å². The van der Waals surface area contributed by atoms with E-state index in [4.69, 9.17) is 14.2 Å². The lowest BCUT2D eigenvalue weighted by Gasteiger charge is -2.18. The number of hydrogen-bond acceptors (Lipinski definition) is 8. The third kappa shape index (κ3) is 8.75. The van der Waals surface area contributed by atoms with Crippen LogP contribution >= 0.6 is 11.3 Å². The number of thiazole rings is 1. The van der Waals surface area contributed by atoms with Crippen molar-refractivity contribution in [2.45, 2.75) is 58.8 Å². The van der Waals surface area contributed by atoms with Gasteiger partial charge in [-0.3, -0.25) is 0 Å². The molecule has 0 bridgehead atoms. The van der Waals surface area contributed by atoms with E-state index >= 15 is 0 Å². The van der Waals surface area contributed by atoms with Crippen molar-refractivity contribution in [2.75, 3.05) is 6.61 Å². The van der Waals surface area contributed by atoms with Gasteiger partial charge in [-0.15, -0.1) is 11.3 Å². The number of carbonyl (C=O) groups is 3. The average molecular weight is 449 g/mol. The zero-order valence-corrected chi connectivity index (χ0v) is 19.0. The summed E-state index contributed by atoms with van der Waals surface area (Å²) >= 11 is 1.19. The van der Waals surface area contributed by atoms with Gasteiger partial charge in [-0.1, -0.05) is 30.3 Å². The lowest BCUT2D eigenvalue weighted by atomic mass is 10.1. The van der Waals surface area contributed by atoms with Gasteiger partial charge < -0.3 is 19.5 Å². The van der Waals surface area contributed by atoms with Gasteiger partial charge in [-0.2, -0.15) is 0 Å². The fourth-order valence-corrected chi connectivity index (χ4v) is 3.32. The van der Waals surface area contributed by atoms with Crippen LogP contribution in [0.1, 0.15) is 54.4 Å². The van der Waals surface area contributed by atoms with Gasteiger partial charge in [-0.25, -0.2) is 19.4 Å². The number of esters is 2. The van der Waals surface area contributed by atoms with Crippen LogP contribution < -0.4 is 5.32 Å². The number of hydrogen-bond donors (Lipinski definition) is 1. The molecule has 2 rings (SSSR count). The Bertz CT molecular complexity index is 876. The number of nitrogens with one attached hydrogen (secondary N) is 1. The van der Waals surface area contributed by atoms with Crippen LogP contribution in [-0.4, -0.2) is 41.3 Å². The summed E-state index contributed by atoms with van der Waals surface area (Å²) in [6.45, 7) is 7.35. The van der Waals surface area contributed by atoms with Crippen molar-refractivity contribution in [2.24, 2.45) is 0 Å². The minimum Gasteiger partial charge on any atom is -0.464 e. The van der Waals surface area contributed by atoms with E-state index in [0.717, 1.165) is 5.56 Å². The second kappa shape index (κ2) is 11.5. The van der Waals surface area contributed by atoms with Crippen LogP contribution in [0.25, 0.3) is 0 Å². The van der Waals surface area contributed by atoms with Crippen molar-refractivity contribution in [3.63, 3.8) is 0 Å². The van der Waals surface area contributed by atoms with Crippen LogP contribution in [-0.2, 0) is 32.0 Å². The first-order chi connectivity index (χ1) is 14.7. The van der Waals surface area contributed by atoms with Gasteiger partial charge in [0.1, 0.15) is 23.1 Å². The molecule has 168 valence electrons. The topological polar surface area (TPSA) is 104 Å². The summed E-state index contributed by atoms with van der Waals surface area (Å²) in [5.41, 5.74) is 0.239. The second-order valence-electron chi connectivity index (χ2n) is 7.67. The maximum Gasteiger partial charge on any atom is 0.408 e. The highest BCUT2D eigenvalue weighted by atomic mass is 32.1. The van der Waals surface area contributed by atoms with Crippen LogP contribution in [0.5, 0.6) is 0 Å². The molecule has 1 atom stereocenters. The molecule has 2 aromatic rings. The van der Waals surface area contributed by atoms with Gasteiger partial charge in [0, 0.05) is 6.42 Å². The molecular weight excluding hydrogens is 420 g/mol. The Kier molecular flexibility index (Phi) is 8.99. The van der Waals surface area contributed by atoms with Crippen LogP contribution in [0.4, 0.5) is 4.79 Å². The second-order valence-corrected chi connectivity index (χ2v) is 8.78. The fourth-order valence-electron chi connectivity index (χ4n) is 2.52. The number of carbonyl (C=O) groups excluding carboxylic acids is 3. The van der Waals surface area contributed by atoms with Crippen molar-refractivity contribution in [3.05, 3.63) is 52.0 Å². The minimum absolute atomic E-state index is 0.0912. The third-order valence-corrected chi connectivity index (χ3v) is 4.91. The Labute approximate surface area is 185 Å². The number of ether oxygens (including phenoxy) is 3. The number of nitrogens with zero attached hydrogens (tertiary/aromatic N) is 1. The van der Waals surface area contributed by atoms with E-state index in [0.29, 0.717) is 16.3 Å². The fraction of sp³-hybridized carbons (Fsp3) is 0.455. The molecule has 31 heavy (non-hydrogen) atoms. The summed E-state index contributed by atoms with van der Waals surface area (Å²) in [5, 5.41) is 3.20. The molecular formula is C22H28N2O6S. The molecule has 9 heteroatoms. The summed E-state index contributed by atoms with van der Waals surface area (Å²) < 4.78 is 15.6. The maximum absolute atomic E-state index is 12.3. The highest BCUT2D eigenvalue weighted by molar-refractivity contribution is 7.13. The van der Waals surface area contributed by atoms with Crippen molar-refractivity contribution in [3.8, 4) is 0 Å². The first-order valence-corrected chi connectivity index (χ1v) is 10.8. The zero-order valence-electron chi connectivity index (χ0n) is 18.2. The first kappa shape index (κ1) is 24.3. The molecule has 1 aromatic heterocycles. The lowest BCUT2D eigenvalue weighted by Crippen LogP contribution is -2.42. The molecule has 1 amide bonds. The largest absolute Gasteiger partial charge is 0.464 e. The predicted molar refractivity (Wildman–Crippen MR) is 116 cm³/mol. The van der Waals surface area contributed by atoms with Gasteiger partial charge in [0.2, 0.25) is 0 Å². The molecule has 0 saturated carbocycles. The number of aryl methyl sites for hydroxylation is 1. The highest BCUT2D eigenvalue weighted by Gasteiger charge is 2.24. The van der Waals surface area contributed by atoms with Crippen LogP contribution in [0, 0.1) is 0 Å². The average Bonchev–Trinajstić information content (AvgIpc) is 3.18. The number of rotatable bonds is 9. The SMILES string of the molecule is CCOC(=O)C(CCc1ncc(C(=O)OC(C)(C)C)s1)NC(=O)OCc1ccccc1. The summed E-state index contributed by atoms with van der Waals surface area (Å²) in [5.74, 6) is -0.996. The van der Waals surface area contributed by atoms with Crippen LogP contribution in [0.15, 0.2) is 36.5 Å². The first-order valence-electron chi connectivity index (χ1n) is 10.00. The monoisotopic (exact) mass is 448 g/mol. The Morgan fingerprint density at radius 3 is 2.48 bits per heavy atom. The molecule has 0 aliphatic heterocycles. The quantitative estimate of drug-likeness (QED) is 0.458. The van der Waals surface area contributed by atoms with Gasteiger partial charge in [0.15, 0.2) is 0 Å². The molecule has 0 fully saturated rings. The molecule has 1 N–H and O–H groups in total. The smallest absolute Gasteiger partial charge is 0.408 e. The molecule has 8 nitrogen and oxygen atoms in total. The van der Waals surface area contributed by atoms with E-state index in [1.54, 1.807) is 27.7 Å². The Balaban J connectivity index is 1.92. The Morgan fingerprint density at radius 2 is 1.84 bits per heavy atom. The standard InChI is InChI=1S/C22H28N2O6S/c1-5-28-19(25)16(24-21(27)29-14-15-9-7-6-8-10-15)11-12-18-23-13-17(31-18)20(26)30-22(2,3)4/h6-10,13,16H,5,11-12,14H2,1-4H3,(H,24,27). The molecule has 0 aliphatic carbocycles. The Hall–Kier alpha value is -2.94. The van der Waals surface area contributed by atoms with Gasteiger partial charge in [0.25, 0.3) is 0 Å². The number of amides is 1. The molecule has 0 saturated heterocycles. The summed E-state index contributed by atoms with van der Waals surface area (Å²) in [4.78, 5) is 41.2. The molecule has 0 aliphatic rings. The van der Waals surface area contributed by atoms with Gasteiger partial charge >= 0.3 is 18.0 Å². The van der Waals surface area contributed by atoms with Gasteiger partial charge in [0.05, 0.1) is 17.8 Å². The highest BCUT2D eigenvalue weighted by Crippen LogP contribution is 2.19. The van der Waals surface area contributed by atoms with Crippen LogP contribution in [0.2, 0.25) is 0 Å². The summed E-state index contributed by atoms with van der Waals surface area (Å²) in [7, 11) is 0. The van der Waals surface area contributed by atoms with Crippen molar-refractivity contribution in [1.29, 1.82) is 0 Å². The van der Waals surface area contributed by atoms with Crippen molar-refractivity contribution >= 4 is 29.4 Å². The van der Waals surface area contributed by atoms with E-state index < -0.39 is 29.7 Å². The Morgan fingerprint density at radius 1 is 1.13 bits per heavy atom. The number of alkyl carbamates (subject to hydrolysis) is 1. The zero-order chi connectivity index (χ0) is 22.9.